The van der Waals surface area contributed by atoms with Gasteiger partial charge in [0, 0.05) is 24.0 Å². The lowest BCUT2D eigenvalue weighted by molar-refractivity contribution is -0.380. The summed E-state index contributed by atoms with van der Waals surface area (Å²) in [4.78, 5) is 12.5. The van der Waals surface area contributed by atoms with E-state index in [0.29, 0.717) is 12.6 Å². The standard InChI is InChI=1S/C13H23N3O2S/c1-11(2)15(3)7-5-4-6-14-9-12-8-13(16(17)18)19-10-12/h8,10-11,14H,4-7,9H2,1-3H3. The highest BCUT2D eigenvalue weighted by Gasteiger charge is 2.08. The number of nitrogens with one attached hydrogen (secondary N) is 1. The Morgan fingerprint density at radius 2 is 2.21 bits per heavy atom. The molecule has 1 aromatic heterocycles. The van der Waals surface area contributed by atoms with Crippen LogP contribution in [0.2, 0.25) is 0 Å². The average molecular weight is 285 g/mol. The number of unbranched alkanes of at least 4 members (excludes halogenated alkanes) is 1. The highest BCUT2D eigenvalue weighted by molar-refractivity contribution is 7.13. The van der Waals surface area contributed by atoms with Crippen LogP contribution < -0.4 is 5.32 Å². The van der Waals surface area contributed by atoms with Crippen LogP contribution in [-0.4, -0.2) is 36.0 Å². The predicted molar refractivity (Wildman–Crippen MR) is 79.7 cm³/mol. The lowest BCUT2D eigenvalue weighted by Crippen LogP contribution is -2.27. The fourth-order valence-corrected chi connectivity index (χ4v) is 2.38. The third-order valence-electron chi connectivity index (χ3n) is 3.14. The van der Waals surface area contributed by atoms with Crippen molar-refractivity contribution in [2.24, 2.45) is 0 Å². The van der Waals surface area contributed by atoms with E-state index >= 15 is 0 Å². The molecule has 1 rings (SSSR count). The molecule has 0 spiro atoms. The third-order valence-corrected chi connectivity index (χ3v) is 4.07. The summed E-state index contributed by atoms with van der Waals surface area (Å²) in [5.74, 6) is 0. The van der Waals surface area contributed by atoms with Crippen molar-refractivity contribution in [3.63, 3.8) is 0 Å². The molecule has 0 aliphatic rings. The molecule has 0 amide bonds. The molecule has 0 atom stereocenters. The molecule has 0 radical (unpaired) electrons. The Labute approximate surface area is 118 Å². The van der Waals surface area contributed by atoms with Crippen molar-refractivity contribution >= 4 is 16.3 Å². The Morgan fingerprint density at radius 1 is 1.47 bits per heavy atom. The van der Waals surface area contributed by atoms with Gasteiger partial charge in [-0.2, -0.15) is 0 Å². The van der Waals surface area contributed by atoms with Crippen molar-refractivity contribution < 1.29 is 4.92 Å². The molecule has 1 heterocycles. The van der Waals surface area contributed by atoms with Gasteiger partial charge in [0.15, 0.2) is 0 Å². The van der Waals surface area contributed by atoms with Crippen LogP contribution in [-0.2, 0) is 6.54 Å². The van der Waals surface area contributed by atoms with Gasteiger partial charge in [0.1, 0.15) is 0 Å². The second kappa shape index (κ2) is 8.24. The first kappa shape index (κ1) is 16.1. The van der Waals surface area contributed by atoms with Crippen molar-refractivity contribution in [1.82, 2.24) is 10.2 Å². The monoisotopic (exact) mass is 285 g/mol. The van der Waals surface area contributed by atoms with Crippen LogP contribution in [0.3, 0.4) is 0 Å². The summed E-state index contributed by atoms with van der Waals surface area (Å²) in [6.07, 6.45) is 2.30. The maximum Gasteiger partial charge on any atom is 0.324 e. The molecule has 6 heteroatoms. The summed E-state index contributed by atoms with van der Waals surface area (Å²) in [6.45, 7) is 7.17. The van der Waals surface area contributed by atoms with Crippen LogP contribution in [0.25, 0.3) is 0 Å². The minimum absolute atomic E-state index is 0.218. The summed E-state index contributed by atoms with van der Waals surface area (Å²) < 4.78 is 0. The first-order valence-electron chi connectivity index (χ1n) is 6.63. The highest BCUT2D eigenvalue weighted by Crippen LogP contribution is 2.22. The van der Waals surface area contributed by atoms with Gasteiger partial charge < -0.3 is 10.2 Å². The Morgan fingerprint density at radius 3 is 2.79 bits per heavy atom. The van der Waals surface area contributed by atoms with Crippen molar-refractivity contribution in [2.75, 3.05) is 20.1 Å². The van der Waals surface area contributed by atoms with E-state index < -0.39 is 0 Å². The third kappa shape index (κ3) is 6.13. The summed E-state index contributed by atoms with van der Waals surface area (Å²) in [7, 11) is 2.14. The fourth-order valence-electron chi connectivity index (χ4n) is 1.65. The summed E-state index contributed by atoms with van der Waals surface area (Å²) >= 11 is 1.19. The van der Waals surface area contributed by atoms with Gasteiger partial charge in [-0.15, -0.1) is 0 Å². The molecule has 0 aliphatic heterocycles. The quantitative estimate of drug-likeness (QED) is 0.430. The molecule has 0 aromatic carbocycles. The fraction of sp³-hybridized carbons (Fsp3) is 0.692. The van der Waals surface area contributed by atoms with Gasteiger partial charge in [-0.3, -0.25) is 10.1 Å². The molecule has 0 saturated carbocycles. The summed E-state index contributed by atoms with van der Waals surface area (Å²) in [6, 6.07) is 2.24. The van der Waals surface area contributed by atoms with Gasteiger partial charge >= 0.3 is 5.00 Å². The van der Waals surface area contributed by atoms with E-state index in [1.165, 1.54) is 17.8 Å². The van der Waals surface area contributed by atoms with E-state index in [1.54, 1.807) is 6.07 Å². The van der Waals surface area contributed by atoms with Crippen LogP contribution in [0.5, 0.6) is 0 Å². The van der Waals surface area contributed by atoms with Gasteiger partial charge in [0.25, 0.3) is 0 Å². The van der Waals surface area contributed by atoms with Crippen LogP contribution in [0, 0.1) is 10.1 Å². The number of thiophene rings is 1. The topological polar surface area (TPSA) is 58.4 Å². The number of nitro groups is 1. The molecule has 0 saturated heterocycles. The van der Waals surface area contributed by atoms with Gasteiger partial charge in [0.05, 0.1) is 4.92 Å². The van der Waals surface area contributed by atoms with E-state index in [1.807, 2.05) is 5.38 Å². The van der Waals surface area contributed by atoms with E-state index in [0.717, 1.165) is 25.1 Å². The molecule has 1 N–H and O–H groups in total. The number of hydrogen-bond donors (Lipinski definition) is 1. The number of rotatable bonds is 9. The van der Waals surface area contributed by atoms with Crippen molar-refractivity contribution in [3.8, 4) is 0 Å². The summed E-state index contributed by atoms with van der Waals surface area (Å²) in [5, 5.41) is 15.9. The molecular formula is C13H23N3O2S. The maximum atomic E-state index is 10.5. The molecule has 0 unspecified atom stereocenters. The minimum Gasteiger partial charge on any atom is -0.313 e. The normalized spacial score (nSPS) is 11.4. The van der Waals surface area contributed by atoms with Crippen LogP contribution in [0.4, 0.5) is 5.00 Å². The van der Waals surface area contributed by atoms with E-state index in [9.17, 15) is 10.1 Å². The van der Waals surface area contributed by atoms with E-state index in [2.05, 4.69) is 31.1 Å². The van der Waals surface area contributed by atoms with Crippen molar-refractivity contribution in [2.45, 2.75) is 39.3 Å². The lowest BCUT2D eigenvalue weighted by Gasteiger charge is -2.20. The number of hydrogen-bond acceptors (Lipinski definition) is 5. The Bertz CT molecular complexity index is 393. The second-order valence-corrected chi connectivity index (χ2v) is 5.90. The first-order chi connectivity index (χ1) is 9.00. The SMILES string of the molecule is CC(C)N(C)CCCCNCc1csc([N+](=O)[O-])c1. The lowest BCUT2D eigenvalue weighted by atomic mass is 10.2. The summed E-state index contributed by atoms with van der Waals surface area (Å²) in [5.41, 5.74) is 0.996. The van der Waals surface area contributed by atoms with Crippen LogP contribution >= 0.6 is 11.3 Å². The van der Waals surface area contributed by atoms with Gasteiger partial charge in [-0.25, -0.2) is 0 Å². The van der Waals surface area contributed by atoms with Gasteiger partial charge in [-0.1, -0.05) is 11.3 Å². The van der Waals surface area contributed by atoms with Gasteiger partial charge in [0.2, 0.25) is 0 Å². The predicted octanol–water partition coefficient (Wildman–Crippen LogP) is 2.87. The molecule has 19 heavy (non-hydrogen) atoms. The number of nitrogens with zero attached hydrogens (tertiary/aromatic N) is 2. The zero-order valence-corrected chi connectivity index (χ0v) is 12.7. The van der Waals surface area contributed by atoms with Crippen LogP contribution in [0.1, 0.15) is 32.3 Å². The zero-order chi connectivity index (χ0) is 14.3. The molecular weight excluding hydrogens is 262 g/mol. The van der Waals surface area contributed by atoms with Crippen molar-refractivity contribution in [3.05, 3.63) is 27.1 Å². The molecule has 1 aromatic rings. The highest BCUT2D eigenvalue weighted by atomic mass is 32.1. The van der Waals surface area contributed by atoms with E-state index in [4.69, 9.17) is 0 Å². The molecule has 0 bridgehead atoms. The zero-order valence-electron chi connectivity index (χ0n) is 11.9. The smallest absolute Gasteiger partial charge is 0.313 e. The van der Waals surface area contributed by atoms with Gasteiger partial charge in [-0.05, 0) is 52.4 Å². The Hall–Kier alpha value is -0.980. The Balaban J connectivity index is 2.09. The first-order valence-corrected chi connectivity index (χ1v) is 7.51. The molecule has 0 fully saturated rings. The average Bonchev–Trinajstić information content (AvgIpc) is 2.82. The maximum absolute atomic E-state index is 10.5. The molecule has 5 nitrogen and oxygen atoms in total. The largest absolute Gasteiger partial charge is 0.324 e. The molecule has 108 valence electrons. The van der Waals surface area contributed by atoms with E-state index in [-0.39, 0.29) is 9.92 Å². The van der Waals surface area contributed by atoms with Crippen LogP contribution in [0.15, 0.2) is 11.4 Å². The molecule has 0 aliphatic carbocycles. The van der Waals surface area contributed by atoms with Crippen molar-refractivity contribution in [1.29, 1.82) is 0 Å². The second-order valence-electron chi connectivity index (χ2n) is 5.01. The Kier molecular flexibility index (Phi) is 6.97. The minimum atomic E-state index is -0.337.